The van der Waals surface area contributed by atoms with Crippen LogP contribution in [0.3, 0.4) is 0 Å². The summed E-state index contributed by atoms with van der Waals surface area (Å²) in [6.07, 6.45) is 6.31. The molecule has 6 heteroatoms. The summed E-state index contributed by atoms with van der Waals surface area (Å²) < 4.78 is 0. The van der Waals surface area contributed by atoms with Gasteiger partial charge in [0.1, 0.15) is 0 Å². The smallest absolute Gasteiger partial charge is 0.239 e. The highest BCUT2D eigenvalue weighted by Crippen LogP contribution is 2.33. The molecule has 4 nitrogen and oxygen atoms in total. The average Bonchev–Trinajstić information content (AvgIpc) is 3.07. The lowest BCUT2D eigenvalue weighted by molar-refractivity contribution is -0.135. The predicted octanol–water partition coefficient (Wildman–Crippen LogP) is 3.10. The van der Waals surface area contributed by atoms with Crippen molar-refractivity contribution in [2.75, 3.05) is 26.2 Å². The first-order valence-electron chi connectivity index (χ1n) is 9.61. The lowest BCUT2D eigenvalue weighted by atomic mass is 9.85. The van der Waals surface area contributed by atoms with Crippen molar-refractivity contribution in [2.24, 2.45) is 5.92 Å². The van der Waals surface area contributed by atoms with E-state index in [4.69, 9.17) is 0 Å². The topological polar surface area (TPSA) is 35.6 Å². The molecular formula is C20H31Cl2N3O. The molecule has 1 aromatic rings. The minimum atomic E-state index is 0. The Morgan fingerprint density at radius 1 is 1.00 bits per heavy atom. The maximum absolute atomic E-state index is 12.9. The minimum Gasteiger partial charge on any atom is -0.339 e. The van der Waals surface area contributed by atoms with Crippen molar-refractivity contribution >= 4 is 30.7 Å². The molecule has 3 aliphatic rings. The predicted molar refractivity (Wildman–Crippen MR) is 110 cm³/mol. The molecule has 2 saturated heterocycles. The summed E-state index contributed by atoms with van der Waals surface area (Å²) in [5.74, 6) is 1.09. The van der Waals surface area contributed by atoms with Gasteiger partial charge in [-0.05, 0) is 30.7 Å². The molecule has 0 spiro atoms. The molecule has 4 rings (SSSR count). The third-order valence-electron chi connectivity index (χ3n) is 6.09. The van der Waals surface area contributed by atoms with Crippen molar-refractivity contribution in [3.63, 3.8) is 0 Å². The Bertz CT molecular complexity index is 549. The highest BCUT2D eigenvalue weighted by molar-refractivity contribution is 5.85. The number of rotatable bonds is 3. The summed E-state index contributed by atoms with van der Waals surface area (Å²) >= 11 is 0. The summed E-state index contributed by atoms with van der Waals surface area (Å²) in [6, 6.07) is 11.3. The second-order valence-electron chi connectivity index (χ2n) is 7.69. The second kappa shape index (κ2) is 9.93. The molecule has 3 unspecified atom stereocenters. The molecule has 0 aromatic heterocycles. The zero-order valence-electron chi connectivity index (χ0n) is 15.3. The fourth-order valence-corrected chi connectivity index (χ4v) is 4.70. The maximum atomic E-state index is 12.9. The van der Waals surface area contributed by atoms with Crippen LogP contribution in [0.4, 0.5) is 0 Å². The van der Waals surface area contributed by atoms with Crippen molar-refractivity contribution in [3.8, 4) is 0 Å². The number of hydrogen-bond donors (Lipinski definition) is 1. The van der Waals surface area contributed by atoms with E-state index in [0.29, 0.717) is 11.9 Å². The first-order chi connectivity index (χ1) is 11.8. The van der Waals surface area contributed by atoms with Gasteiger partial charge in [-0.2, -0.15) is 0 Å². The molecule has 3 fully saturated rings. The van der Waals surface area contributed by atoms with Gasteiger partial charge in [0.15, 0.2) is 0 Å². The number of piperazine rings is 1. The molecule has 1 saturated carbocycles. The molecule has 1 amide bonds. The van der Waals surface area contributed by atoms with E-state index < -0.39 is 0 Å². The van der Waals surface area contributed by atoms with Crippen LogP contribution in [0.2, 0.25) is 0 Å². The Labute approximate surface area is 169 Å². The number of carbonyl (C=O) groups is 1. The molecule has 3 atom stereocenters. The maximum Gasteiger partial charge on any atom is 0.239 e. The number of fused-ring (bicyclic) bond motifs is 1. The van der Waals surface area contributed by atoms with Crippen LogP contribution in [-0.4, -0.2) is 54.0 Å². The lowest BCUT2D eigenvalue weighted by Crippen LogP contribution is -2.53. The Morgan fingerprint density at radius 3 is 2.38 bits per heavy atom. The van der Waals surface area contributed by atoms with E-state index in [0.717, 1.165) is 45.1 Å². The summed E-state index contributed by atoms with van der Waals surface area (Å²) in [6.45, 7) is 4.72. The fraction of sp³-hybridized carbons (Fsp3) is 0.650. The van der Waals surface area contributed by atoms with Gasteiger partial charge in [-0.3, -0.25) is 9.69 Å². The minimum absolute atomic E-state index is 0. The van der Waals surface area contributed by atoms with Gasteiger partial charge in [-0.25, -0.2) is 0 Å². The van der Waals surface area contributed by atoms with Gasteiger partial charge in [0.25, 0.3) is 0 Å². The van der Waals surface area contributed by atoms with Crippen LogP contribution >= 0.6 is 24.8 Å². The van der Waals surface area contributed by atoms with Gasteiger partial charge in [-0.1, -0.05) is 43.2 Å². The average molecular weight is 400 g/mol. The third-order valence-corrected chi connectivity index (χ3v) is 6.09. The van der Waals surface area contributed by atoms with Crippen molar-refractivity contribution in [2.45, 2.75) is 50.7 Å². The standard InChI is InChI=1S/C20H29N3O.2ClH/c24-20(19-14-17-8-4-5-9-18(17)21-19)23-12-10-22(11-13-23)15-16-6-2-1-3-7-16;;/h1-3,6-7,17-19,21H,4-5,8-15H2;2*1H. The zero-order chi connectivity index (χ0) is 16.4. The zero-order valence-corrected chi connectivity index (χ0v) is 16.9. The summed E-state index contributed by atoms with van der Waals surface area (Å²) in [4.78, 5) is 17.4. The van der Waals surface area contributed by atoms with Gasteiger partial charge in [0.05, 0.1) is 6.04 Å². The van der Waals surface area contributed by atoms with E-state index in [1.54, 1.807) is 0 Å². The first kappa shape index (κ1) is 21.5. The van der Waals surface area contributed by atoms with Crippen LogP contribution in [0.25, 0.3) is 0 Å². The normalized spacial score (nSPS) is 28.6. The Balaban J connectivity index is 0.00000121. The van der Waals surface area contributed by atoms with Crippen LogP contribution in [0.1, 0.15) is 37.7 Å². The van der Waals surface area contributed by atoms with E-state index in [-0.39, 0.29) is 30.9 Å². The van der Waals surface area contributed by atoms with Gasteiger partial charge >= 0.3 is 0 Å². The first-order valence-corrected chi connectivity index (χ1v) is 9.61. The van der Waals surface area contributed by atoms with E-state index >= 15 is 0 Å². The largest absolute Gasteiger partial charge is 0.339 e. The summed E-state index contributed by atoms with van der Waals surface area (Å²) in [7, 11) is 0. The van der Waals surface area contributed by atoms with Crippen LogP contribution in [0.15, 0.2) is 30.3 Å². The van der Waals surface area contributed by atoms with Crippen LogP contribution in [0, 0.1) is 5.92 Å². The van der Waals surface area contributed by atoms with E-state index in [1.807, 2.05) is 0 Å². The molecule has 1 aliphatic carbocycles. The number of nitrogens with zero attached hydrogens (tertiary/aromatic N) is 2. The molecule has 0 bridgehead atoms. The van der Waals surface area contributed by atoms with Crippen LogP contribution < -0.4 is 5.32 Å². The van der Waals surface area contributed by atoms with E-state index in [9.17, 15) is 4.79 Å². The molecule has 146 valence electrons. The van der Waals surface area contributed by atoms with Gasteiger partial charge in [-0.15, -0.1) is 24.8 Å². The molecule has 0 radical (unpaired) electrons. The van der Waals surface area contributed by atoms with Gasteiger partial charge in [0, 0.05) is 38.8 Å². The Kier molecular flexibility index (Phi) is 8.21. The van der Waals surface area contributed by atoms with E-state index in [2.05, 4.69) is 45.4 Å². The van der Waals surface area contributed by atoms with Crippen molar-refractivity contribution < 1.29 is 4.79 Å². The van der Waals surface area contributed by atoms with Crippen molar-refractivity contribution in [3.05, 3.63) is 35.9 Å². The van der Waals surface area contributed by atoms with Gasteiger partial charge < -0.3 is 10.2 Å². The lowest BCUT2D eigenvalue weighted by Gasteiger charge is -2.36. The van der Waals surface area contributed by atoms with Crippen molar-refractivity contribution in [1.29, 1.82) is 0 Å². The molecule has 1 N–H and O–H groups in total. The van der Waals surface area contributed by atoms with E-state index in [1.165, 1.54) is 31.2 Å². The quantitative estimate of drug-likeness (QED) is 0.847. The number of amides is 1. The van der Waals surface area contributed by atoms with Crippen molar-refractivity contribution in [1.82, 2.24) is 15.1 Å². The second-order valence-corrected chi connectivity index (χ2v) is 7.69. The Hall–Kier alpha value is -0.810. The van der Waals surface area contributed by atoms with Gasteiger partial charge in [0.2, 0.25) is 5.91 Å². The number of hydrogen-bond acceptors (Lipinski definition) is 3. The molecule has 2 aliphatic heterocycles. The highest BCUT2D eigenvalue weighted by atomic mass is 35.5. The van der Waals surface area contributed by atoms with Crippen LogP contribution in [-0.2, 0) is 11.3 Å². The number of carbonyl (C=O) groups excluding carboxylic acids is 1. The summed E-state index contributed by atoms with van der Waals surface area (Å²) in [5.41, 5.74) is 1.36. The number of nitrogens with one attached hydrogen (secondary N) is 1. The summed E-state index contributed by atoms with van der Waals surface area (Å²) in [5, 5.41) is 3.64. The SMILES string of the molecule is Cl.Cl.O=C(C1CC2CCCCC2N1)N1CCN(Cc2ccccc2)CC1. The number of benzene rings is 1. The molecule has 26 heavy (non-hydrogen) atoms. The van der Waals surface area contributed by atoms with Crippen LogP contribution in [0.5, 0.6) is 0 Å². The number of halogens is 2. The highest BCUT2D eigenvalue weighted by Gasteiger charge is 2.40. The molecular weight excluding hydrogens is 369 g/mol. The molecule has 2 heterocycles. The fourth-order valence-electron chi connectivity index (χ4n) is 4.70. The third kappa shape index (κ3) is 4.92. The monoisotopic (exact) mass is 399 g/mol. The molecule has 1 aromatic carbocycles. The Morgan fingerprint density at radius 2 is 1.69 bits per heavy atom.